The van der Waals surface area contributed by atoms with Gasteiger partial charge in [-0.15, -0.1) is 0 Å². The number of aliphatic hydroxyl groups is 2. The molecule has 17 heavy (non-hydrogen) atoms. The number of hydrogen-bond donors (Lipinski definition) is 2. The summed E-state index contributed by atoms with van der Waals surface area (Å²) in [5.74, 6) is -1.69. The van der Waals surface area contributed by atoms with Gasteiger partial charge in [-0.1, -0.05) is 11.2 Å². The van der Waals surface area contributed by atoms with Crippen LogP contribution in [0.15, 0.2) is 23.3 Å². The van der Waals surface area contributed by atoms with Crippen molar-refractivity contribution < 1.29 is 19.0 Å². The Labute approximate surface area is 95.9 Å². The van der Waals surface area contributed by atoms with Gasteiger partial charge >= 0.3 is 0 Å². The lowest BCUT2D eigenvalue weighted by molar-refractivity contribution is 0.0129. The summed E-state index contributed by atoms with van der Waals surface area (Å²) in [6, 6.07) is 2.67. The maximum absolute atomic E-state index is 13.3. The highest BCUT2D eigenvalue weighted by molar-refractivity contribution is 5.21. The Morgan fingerprint density at radius 1 is 1.35 bits per heavy atom. The first-order valence-electron chi connectivity index (χ1n) is 4.88. The van der Waals surface area contributed by atoms with Crippen LogP contribution in [0.25, 0.3) is 10.4 Å². The van der Waals surface area contributed by atoms with Crippen molar-refractivity contribution in [1.29, 1.82) is 0 Å². The third kappa shape index (κ3) is 3.67. The second-order valence-electron chi connectivity index (χ2n) is 3.42. The molecule has 0 saturated carbocycles. The molecule has 2 unspecified atom stereocenters. The number of halogens is 2. The van der Waals surface area contributed by atoms with Crippen LogP contribution in [0, 0.1) is 11.6 Å². The normalized spacial score (nSPS) is 13.9. The predicted octanol–water partition coefficient (Wildman–Crippen LogP) is 2.06. The first kappa shape index (κ1) is 13.4. The number of rotatable bonds is 5. The molecule has 0 aromatic heterocycles. The Morgan fingerprint density at radius 3 is 2.65 bits per heavy atom. The number of azide groups is 1. The van der Waals surface area contributed by atoms with E-state index in [1.807, 2.05) is 0 Å². The summed E-state index contributed by atoms with van der Waals surface area (Å²) in [5.41, 5.74) is 7.83. The molecule has 0 aliphatic heterocycles. The minimum absolute atomic E-state index is 0.0119. The molecule has 0 saturated heterocycles. The van der Waals surface area contributed by atoms with Crippen LogP contribution in [0.2, 0.25) is 0 Å². The van der Waals surface area contributed by atoms with Gasteiger partial charge in [0, 0.05) is 23.1 Å². The molecule has 5 nitrogen and oxygen atoms in total. The molecule has 1 aromatic rings. The number of hydrogen-bond acceptors (Lipinski definition) is 3. The second-order valence-corrected chi connectivity index (χ2v) is 3.42. The number of nitrogens with zero attached hydrogens (tertiary/aromatic N) is 3. The van der Waals surface area contributed by atoms with E-state index in [4.69, 9.17) is 5.53 Å². The van der Waals surface area contributed by atoms with Crippen LogP contribution in [0.4, 0.5) is 8.78 Å². The first-order chi connectivity index (χ1) is 8.06. The average Bonchev–Trinajstić information content (AvgIpc) is 2.28. The Bertz CT molecular complexity index is 436. The maximum Gasteiger partial charge on any atom is 0.132 e. The van der Waals surface area contributed by atoms with Crippen molar-refractivity contribution in [1.82, 2.24) is 0 Å². The van der Waals surface area contributed by atoms with Gasteiger partial charge in [0.2, 0.25) is 0 Å². The van der Waals surface area contributed by atoms with Gasteiger partial charge in [0.15, 0.2) is 0 Å². The molecule has 0 spiro atoms. The van der Waals surface area contributed by atoms with Crippen molar-refractivity contribution in [3.63, 3.8) is 0 Å². The lowest BCUT2D eigenvalue weighted by Crippen LogP contribution is -2.20. The van der Waals surface area contributed by atoms with Crippen LogP contribution in [-0.2, 0) is 0 Å². The molecule has 1 aromatic carbocycles. The van der Waals surface area contributed by atoms with Gasteiger partial charge in [-0.05, 0) is 18.0 Å². The lowest BCUT2D eigenvalue weighted by Gasteiger charge is -2.17. The highest BCUT2D eigenvalue weighted by Gasteiger charge is 2.21. The van der Waals surface area contributed by atoms with Crippen LogP contribution in [-0.4, -0.2) is 22.9 Å². The van der Waals surface area contributed by atoms with Gasteiger partial charge in [-0.2, -0.15) is 0 Å². The monoisotopic (exact) mass is 243 g/mol. The Hall–Kier alpha value is -1.69. The Kier molecular flexibility index (Phi) is 4.84. The van der Waals surface area contributed by atoms with Crippen LogP contribution in [0.5, 0.6) is 0 Å². The van der Waals surface area contributed by atoms with E-state index in [9.17, 15) is 19.0 Å². The van der Waals surface area contributed by atoms with Gasteiger partial charge in [-0.3, -0.25) is 0 Å². The molecule has 2 atom stereocenters. The van der Waals surface area contributed by atoms with E-state index < -0.39 is 23.8 Å². The van der Waals surface area contributed by atoms with Crippen molar-refractivity contribution in [2.24, 2.45) is 5.11 Å². The molecule has 0 amide bonds. The maximum atomic E-state index is 13.3. The summed E-state index contributed by atoms with van der Waals surface area (Å²) in [7, 11) is 0. The highest BCUT2D eigenvalue weighted by atomic mass is 19.1. The molecule has 7 heteroatoms. The Balaban J connectivity index is 2.73. The molecular formula is C10H11F2N3O2. The molecule has 1 rings (SSSR count). The molecule has 2 N–H and O–H groups in total. The van der Waals surface area contributed by atoms with Crippen LogP contribution in [0.1, 0.15) is 18.1 Å². The summed E-state index contributed by atoms with van der Waals surface area (Å²) in [6.45, 7) is -0.0163. The third-order valence-electron chi connectivity index (χ3n) is 2.23. The predicted molar refractivity (Wildman–Crippen MR) is 56.0 cm³/mol. The average molecular weight is 243 g/mol. The topological polar surface area (TPSA) is 89.2 Å². The smallest absolute Gasteiger partial charge is 0.132 e. The number of aliphatic hydroxyl groups excluding tert-OH is 2. The van der Waals surface area contributed by atoms with Gasteiger partial charge in [0.1, 0.15) is 17.7 Å². The summed E-state index contributed by atoms with van der Waals surface area (Å²) >= 11 is 0. The largest absolute Gasteiger partial charge is 0.390 e. The molecule has 0 aliphatic carbocycles. The molecule has 0 bridgehead atoms. The third-order valence-corrected chi connectivity index (χ3v) is 2.23. The molecule has 0 aliphatic rings. The molecular weight excluding hydrogens is 232 g/mol. The standard InChI is InChI=1S/C10H11F2N3O2/c11-6-1-2-7(8(12)5-6)10(17)9(16)3-4-14-15-13/h1-2,5,9-10,16-17H,3-4H2. The fraction of sp³-hybridized carbons (Fsp3) is 0.400. The summed E-state index contributed by atoms with van der Waals surface area (Å²) in [6.07, 6.45) is -2.77. The number of benzene rings is 1. The molecule has 0 heterocycles. The van der Waals surface area contributed by atoms with E-state index in [0.29, 0.717) is 6.07 Å². The van der Waals surface area contributed by atoms with Gasteiger partial charge < -0.3 is 10.2 Å². The van der Waals surface area contributed by atoms with Crippen molar-refractivity contribution in [3.8, 4) is 0 Å². The fourth-order valence-electron chi connectivity index (χ4n) is 1.34. The molecule has 0 fully saturated rings. The van der Waals surface area contributed by atoms with E-state index in [1.54, 1.807) is 0 Å². The van der Waals surface area contributed by atoms with Crippen LogP contribution >= 0.6 is 0 Å². The van der Waals surface area contributed by atoms with E-state index in [0.717, 1.165) is 12.1 Å². The molecule has 92 valence electrons. The zero-order valence-corrected chi connectivity index (χ0v) is 8.79. The summed E-state index contributed by atoms with van der Waals surface area (Å²) in [4.78, 5) is 2.48. The van der Waals surface area contributed by atoms with Crippen molar-refractivity contribution in [3.05, 3.63) is 45.8 Å². The summed E-state index contributed by atoms with van der Waals surface area (Å²) in [5, 5.41) is 22.3. The van der Waals surface area contributed by atoms with Crippen molar-refractivity contribution >= 4 is 0 Å². The minimum atomic E-state index is -1.48. The van der Waals surface area contributed by atoms with Crippen LogP contribution in [0.3, 0.4) is 0 Å². The van der Waals surface area contributed by atoms with Crippen molar-refractivity contribution in [2.75, 3.05) is 6.54 Å². The molecule has 0 radical (unpaired) electrons. The minimum Gasteiger partial charge on any atom is -0.390 e. The highest BCUT2D eigenvalue weighted by Crippen LogP contribution is 2.22. The van der Waals surface area contributed by atoms with Crippen molar-refractivity contribution in [2.45, 2.75) is 18.6 Å². The van der Waals surface area contributed by atoms with E-state index >= 15 is 0 Å². The second kappa shape index (κ2) is 6.15. The van der Waals surface area contributed by atoms with Gasteiger partial charge in [0.25, 0.3) is 0 Å². The quantitative estimate of drug-likeness (QED) is 0.471. The Morgan fingerprint density at radius 2 is 2.06 bits per heavy atom. The fourth-order valence-corrected chi connectivity index (χ4v) is 1.34. The van der Waals surface area contributed by atoms with Gasteiger partial charge in [-0.25, -0.2) is 8.78 Å². The zero-order valence-electron chi connectivity index (χ0n) is 8.79. The first-order valence-corrected chi connectivity index (χ1v) is 4.88. The van der Waals surface area contributed by atoms with Gasteiger partial charge in [0.05, 0.1) is 6.10 Å². The van der Waals surface area contributed by atoms with E-state index in [-0.39, 0.29) is 18.5 Å². The lowest BCUT2D eigenvalue weighted by atomic mass is 10.0. The summed E-state index contributed by atoms with van der Waals surface area (Å²) < 4.78 is 25.9. The SMILES string of the molecule is [N-]=[N+]=NCCC(O)C(O)c1ccc(F)cc1F. The van der Waals surface area contributed by atoms with Crippen LogP contribution < -0.4 is 0 Å². The van der Waals surface area contributed by atoms with E-state index in [1.165, 1.54) is 0 Å². The van der Waals surface area contributed by atoms with E-state index in [2.05, 4.69) is 10.0 Å². The zero-order chi connectivity index (χ0) is 12.8.